The van der Waals surface area contributed by atoms with Crippen molar-refractivity contribution < 1.29 is 38.7 Å². The smallest absolute Gasteiger partial charge is 0.310 e. The number of piperidine rings is 1. The van der Waals surface area contributed by atoms with E-state index in [0.29, 0.717) is 44.0 Å². The Hall–Kier alpha value is -4.03. The van der Waals surface area contributed by atoms with Crippen molar-refractivity contribution in [2.45, 2.75) is 72.0 Å². The maximum atomic E-state index is 14.0. The van der Waals surface area contributed by atoms with Gasteiger partial charge in [0.1, 0.15) is 23.0 Å². The van der Waals surface area contributed by atoms with Crippen LogP contribution in [-0.2, 0) is 25.4 Å². The number of imidazole rings is 1. The first kappa shape index (κ1) is 37.8. The van der Waals surface area contributed by atoms with Crippen molar-refractivity contribution in [3.05, 3.63) is 71.2 Å². The first-order chi connectivity index (χ1) is 23.1. The molecular weight excluding hydrogens is 629 g/mol. The third kappa shape index (κ3) is 9.78. The first-order valence-corrected chi connectivity index (χ1v) is 16.6. The quantitative estimate of drug-likeness (QED) is 0.129. The number of aliphatic hydroxyl groups is 2. The molecule has 4 aromatic rings. The lowest BCUT2D eigenvalue weighted by atomic mass is 9.92. The Morgan fingerprint density at radius 2 is 1.69 bits per heavy atom. The highest BCUT2D eigenvalue weighted by Gasteiger charge is 2.33. The lowest BCUT2D eigenvalue weighted by Crippen LogP contribution is -2.45. The number of pyridine rings is 1. The van der Waals surface area contributed by atoms with Gasteiger partial charge in [-0.05, 0) is 95.3 Å². The standard InChI is InChI=1S/C34H40FN3O6.C4H10O/c1-22-23(2)32-36-29(25-7-5-6-24(18-25)28-19-26(35)8-9-30(28)40)21-38(32)33(27(22)20-31(41)42-4)37-12-10-34(3,11-13-37)44-17-16-43-15-14-39;1-4(2,3)5/h5-9,18-19,21,39-40H,10-17,20H2,1-4H3;5H,1-3H3. The monoisotopic (exact) mass is 679 g/mol. The van der Waals surface area contributed by atoms with Crippen LogP contribution in [0.1, 0.15) is 57.2 Å². The van der Waals surface area contributed by atoms with Crippen molar-refractivity contribution in [3.8, 4) is 28.1 Å². The molecule has 3 N–H and O–H groups in total. The normalized spacial score (nSPS) is 14.4. The molecule has 49 heavy (non-hydrogen) atoms. The predicted molar refractivity (Wildman–Crippen MR) is 189 cm³/mol. The van der Waals surface area contributed by atoms with E-state index in [1.807, 2.05) is 44.3 Å². The maximum absolute atomic E-state index is 14.0. The Balaban J connectivity index is 0.00000101. The van der Waals surface area contributed by atoms with E-state index in [1.165, 1.54) is 25.3 Å². The van der Waals surface area contributed by atoms with Crippen molar-refractivity contribution in [2.24, 2.45) is 0 Å². The molecule has 0 radical (unpaired) electrons. The van der Waals surface area contributed by atoms with Crippen LogP contribution in [0.4, 0.5) is 10.2 Å². The van der Waals surface area contributed by atoms with Gasteiger partial charge >= 0.3 is 5.97 Å². The molecule has 0 bridgehead atoms. The number of aliphatic hydroxyl groups excluding tert-OH is 1. The van der Waals surface area contributed by atoms with Gasteiger partial charge in [-0.25, -0.2) is 9.37 Å². The number of ether oxygens (including phenoxy) is 3. The fourth-order valence-corrected chi connectivity index (χ4v) is 5.86. The van der Waals surface area contributed by atoms with Crippen molar-refractivity contribution >= 4 is 17.4 Å². The summed E-state index contributed by atoms with van der Waals surface area (Å²) in [5.41, 5.74) is 5.42. The molecule has 1 aliphatic heterocycles. The van der Waals surface area contributed by atoms with Gasteiger partial charge in [-0.3, -0.25) is 9.20 Å². The van der Waals surface area contributed by atoms with Crippen molar-refractivity contribution in [3.63, 3.8) is 0 Å². The highest BCUT2D eigenvalue weighted by molar-refractivity contribution is 5.80. The second-order valence-electron chi connectivity index (χ2n) is 13.7. The molecule has 0 saturated carbocycles. The molecule has 2 aromatic heterocycles. The molecule has 10 nitrogen and oxygen atoms in total. The molecule has 5 rings (SSSR count). The lowest BCUT2D eigenvalue weighted by molar-refractivity contribution is -0.139. The molecule has 0 unspecified atom stereocenters. The van der Waals surface area contributed by atoms with Crippen LogP contribution in [-0.4, -0.2) is 88.5 Å². The number of carbonyl (C=O) groups is 1. The number of fused-ring (bicyclic) bond motifs is 1. The van der Waals surface area contributed by atoms with Gasteiger partial charge < -0.3 is 34.4 Å². The Morgan fingerprint density at radius 1 is 1.02 bits per heavy atom. The number of aromatic nitrogens is 2. The number of carbonyl (C=O) groups excluding carboxylic acids is 1. The predicted octanol–water partition coefficient (Wildman–Crippen LogP) is 6.01. The second-order valence-corrected chi connectivity index (χ2v) is 13.7. The average Bonchev–Trinajstić information content (AvgIpc) is 3.50. The van der Waals surface area contributed by atoms with Crippen LogP contribution in [0, 0.1) is 19.7 Å². The fraction of sp³-hybridized carbons (Fsp3) is 0.474. The fourth-order valence-electron chi connectivity index (χ4n) is 5.86. The van der Waals surface area contributed by atoms with Crippen LogP contribution in [0.5, 0.6) is 5.75 Å². The summed E-state index contributed by atoms with van der Waals surface area (Å²) in [5, 5.41) is 27.8. The van der Waals surface area contributed by atoms with Gasteiger partial charge in [0.2, 0.25) is 0 Å². The van der Waals surface area contributed by atoms with E-state index >= 15 is 0 Å². The number of hydrogen-bond donors (Lipinski definition) is 3. The number of rotatable bonds is 11. The molecule has 3 heterocycles. The second kappa shape index (κ2) is 16.1. The first-order valence-electron chi connectivity index (χ1n) is 16.6. The number of benzene rings is 2. The number of aryl methyl sites for hydroxylation is 1. The average molecular weight is 680 g/mol. The van der Waals surface area contributed by atoms with E-state index in [4.69, 9.17) is 29.4 Å². The van der Waals surface area contributed by atoms with Gasteiger partial charge in [0, 0.05) is 36.0 Å². The maximum Gasteiger partial charge on any atom is 0.310 e. The summed E-state index contributed by atoms with van der Waals surface area (Å²) < 4.78 is 32.7. The summed E-state index contributed by atoms with van der Waals surface area (Å²) >= 11 is 0. The van der Waals surface area contributed by atoms with Gasteiger partial charge in [0.05, 0.1) is 56.9 Å². The number of esters is 1. The third-order valence-corrected chi connectivity index (χ3v) is 8.57. The number of hydrogen-bond acceptors (Lipinski definition) is 9. The number of phenolic OH excluding ortho intramolecular Hbond substituents is 1. The minimum absolute atomic E-state index is 0.00137. The van der Waals surface area contributed by atoms with Crippen LogP contribution >= 0.6 is 0 Å². The summed E-state index contributed by atoms with van der Waals surface area (Å²) in [4.78, 5) is 19.9. The minimum atomic E-state index is -0.500. The van der Waals surface area contributed by atoms with E-state index < -0.39 is 11.4 Å². The number of methoxy groups -OCH3 is 1. The summed E-state index contributed by atoms with van der Waals surface area (Å²) in [6, 6.07) is 11.4. The number of halogens is 1. The Labute approximate surface area is 288 Å². The highest BCUT2D eigenvalue weighted by Crippen LogP contribution is 2.37. The molecule has 1 fully saturated rings. The summed E-state index contributed by atoms with van der Waals surface area (Å²) in [7, 11) is 1.40. The molecule has 2 aromatic carbocycles. The van der Waals surface area contributed by atoms with E-state index in [9.17, 15) is 14.3 Å². The Bertz CT molecular complexity index is 1730. The zero-order valence-corrected chi connectivity index (χ0v) is 29.7. The highest BCUT2D eigenvalue weighted by atomic mass is 19.1. The SMILES string of the molecule is CC(C)(C)O.COC(=O)Cc1c(C)c(C)c2nc(-c3cccc(-c4cc(F)ccc4O)c3)cn2c1N1CCC(C)(OCCOCCO)CC1. The van der Waals surface area contributed by atoms with Gasteiger partial charge in [0.25, 0.3) is 0 Å². The van der Waals surface area contributed by atoms with Crippen LogP contribution < -0.4 is 4.90 Å². The van der Waals surface area contributed by atoms with Crippen molar-refractivity contribution in [1.29, 1.82) is 0 Å². The topological polar surface area (TPSA) is 126 Å². The van der Waals surface area contributed by atoms with Crippen LogP contribution in [0.2, 0.25) is 0 Å². The van der Waals surface area contributed by atoms with E-state index in [1.54, 1.807) is 20.8 Å². The minimum Gasteiger partial charge on any atom is -0.507 e. The zero-order chi connectivity index (χ0) is 35.9. The number of phenols is 1. The van der Waals surface area contributed by atoms with Crippen LogP contribution in [0.3, 0.4) is 0 Å². The van der Waals surface area contributed by atoms with Gasteiger partial charge in [-0.15, -0.1) is 0 Å². The van der Waals surface area contributed by atoms with Crippen molar-refractivity contribution in [2.75, 3.05) is 51.5 Å². The molecule has 11 heteroatoms. The molecule has 0 aliphatic carbocycles. The molecule has 266 valence electrons. The summed E-state index contributed by atoms with van der Waals surface area (Å²) in [6.07, 6.45) is 3.66. The lowest BCUT2D eigenvalue weighted by Gasteiger charge is -2.41. The van der Waals surface area contributed by atoms with Gasteiger partial charge in [-0.1, -0.05) is 18.2 Å². The van der Waals surface area contributed by atoms with Crippen LogP contribution in [0.15, 0.2) is 48.7 Å². The number of aromatic hydroxyl groups is 1. The van der Waals surface area contributed by atoms with Crippen molar-refractivity contribution in [1.82, 2.24) is 9.38 Å². The number of anilines is 1. The largest absolute Gasteiger partial charge is 0.507 e. The summed E-state index contributed by atoms with van der Waals surface area (Å²) in [6.45, 7) is 14.0. The van der Waals surface area contributed by atoms with E-state index in [-0.39, 0.29) is 30.3 Å². The van der Waals surface area contributed by atoms with E-state index in [0.717, 1.165) is 52.3 Å². The molecule has 0 spiro atoms. The van der Waals surface area contributed by atoms with Gasteiger partial charge in [0.15, 0.2) is 0 Å². The molecule has 1 aliphatic rings. The molecule has 1 saturated heterocycles. The molecular formula is C38H50FN3O7. The molecule has 0 atom stereocenters. The van der Waals surface area contributed by atoms with Crippen LogP contribution in [0.25, 0.3) is 28.0 Å². The zero-order valence-electron chi connectivity index (χ0n) is 29.7. The Morgan fingerprint density at radius 3 is 2.35 bits per heavy atom. The van der Waals surface area contributed by atoms with E-state index in [2.05, 4.69) is 16.2 Å². The molecule has 0 amide bonds. The third-order valence-electron chi connectivity index (χ3n) is 8.57. The summed E-state index contributed by atoms with van der Waals surface area (Å²) in [5.74, 6) is 0.157. The Kier molecular flexibility index (Phi) is 12.4. The number of nitrogens with zero attached hydrogens (tertiary/aromatic N) is 3. The van der Waals surface area contributed by atoms with Gasteiger partial charge in [-0.2, -0.15) is 0 Å².